The largest absolute Gasteiger partial charge is 0.508 e. The van der Waals surface area contributed by atoms with E-state index in [2.05, 4.69) is 4.74 Å². The molecule has 0 saturated carbocycles. The Kier molecular flexibility index (Phi) is 3.50. The van der Waals surface area contributed by atoms with Gasteiger partial charge in [-0.15, -0.1) is 0 Å². The van der Waals surface area contributed by atoms with Gasteiger partial charge in [0.25, 0.3) is 0 Å². The molecule has 0 aliphatic rings. The van der Waals surface area contributed by atoms with Crippen LogP contribution in [0.4, 0.5) is 4.79 Å². The van der Waals surface area contributed by atoms with Gasteiger partial charge in [0.2, 0.25) is 0 Å². The Labute approximate surface area is 81.7 Å². The van der Waals surface area contributed by atoms with Crippen molar-refractivity contribution in [2.75, 3.05) is 7.11 Å². The molecule has 0 radical (unpaired) electrons. The van der Waals surface area contributed by atoms with Gasteiger partial charge in [0.15, 0.2) is 0 Å². The van der Waals surface area contributed by atoms with Crippen LogP contribution in [0.25, 0.3) is 0 Å². The minimum atomic E-state index is -0.729. The highest BCUT2D eigenvalue weighted by Gasteiger charge is 2.01. The molecule has 0 aliphatic heterocycles. The van der Waals surface area contributed by atoms with E-state index in [1.54, 1.807) is 24.3 Å². The number of benzene rings is 1. The fraction of sp³-hybridized carbons (Fsp3) is 0.200. The minimum absolute atomic E-state index is 0.113. The van der Waals surface area contributed by atoms with Crippen LogP contribution in [0, 0.1) is 11.3 Å². The second kappa shape index (κ2) is 4.87. The lowest BCUT2D eigenvalue weighted by Crippen LogP contribution is -2.03. The molecule has 0 spiro atoms. The molecule has 1 aromatic rings. The number of rotatable bonds is 2. The van der Waals surface area contributed by atoms with E-state index in [0.717, 1.165) is 5.56 Å². The predicted octanol–water partition coefficient (Wildman–Crippen LogP) is 1.84. The predicted molar refractivity (Wildman–Crippen MR) is 48.4 cm³/mol. The van der Waals surface area contributed by atoms with E-state index < -0.39 is 6.16 Å². The van der Waals surface area contributed by atoms with E-state index in [9.17, 15) is 4.79 Å². The number of nitrogens with zero attached hydrogens (tertiary/aromatic N) is 1. The summed E-state index contributed by atoms with van der Waals surface area (Å²) >= 11 is 0. The van der Waals surface area contributed by atoms with Crippen molar-refractivity contribution in [3.05, 3.63) is 35.4 Å². The first-order chi connectivity index (χ1) is 6.76. The van der Waals surface area contributed by atoms with Gasteiger partial charge in [0, 0.05) is 0 Å². The number of nitriles is 1. The summed E-state index contributed by atoms with van der Waals surface area (Å²) in [5, 5.41) is 8.60. The minimum Gasteiger partial charge on any atom is -0.438 e. The monoisotopic (exact) mass is 191 g/mol. The van der Waals surface area contributed by atoms with Crippen LogP contribution in [0.3, 0.4) is 0 Å². The fourth-order valence-corrected chi connectivity index (χ4v) is 0.932. The first kappa shape index (κ1) is 10.1. The van der Waals surface area contributed by atoms with Crippen LogP contribution in [0.1, 0.15) is 11.1 Å². The first-order valence-corrected chi connectivity index (χ1v) is 3.96. The molecule has 0 amide bonds. The normalized spacial score (nSPS) is 8.86. The average molecular weight is 191 g/mol. The summed E-state index contributed by atoms with van der Waals surface area (Å²) in [6, 6.07) is 8.83. The van der Waals surface area contributed by atoms with E-state index in [1.807, 2.05) is 6.07 Å². The van der Waals surface area contributed by atoms with Crippen LogP contribution in [0.15, 0.2) is 24.3 Å². The fourth-order valence-electron chi connectivity index (χ4n) is 0.932. The molecule has 1 rings (SSSR count). The number of carbonyl (C=O) groups excluding carboxylic acids is 1. The second-order valence-corrected chi connectivity index (χ2v) is 2.55. The van der Waals surface area contributed by atoms with Gasteiger partial charge in [0.05, 0.1) is 18.7 Å². The summed E-state index contributed by atoms with van der Waals surface area (Å²) in [7, 11) is 1.24. The lowest BCUT2D eigenvalue weighted by atomic mass is 10.1. The molecule has 14 heavy (non-hydrogen) atoms. The van der Waals surface area contributed by atoms with Crippen LogP contribution >= 0.6 is 0 Å². The summed E-state index contributed by atoms with van der Waals surface area (Å²) in [5.41, 5.74) is 1.30. The van der Waals surface area contributed by atoms with Crippen molar-refractivity contribution in [1.29, 1.82) is 5.26 Å². The highest BCUT2D eigenvalue weighted by Crippen LogP contribution is 2.05. The zero-order chi connectivity index (χ0) is 10.4. The quantitative estimate of drug-likeness (QED) is 0.669. The molecule has 0 unspecified atom stereocenters. The Hall–Kier alpha value is -2.02. The van der Waals surface area contributed by atoms with Gasteiger partial charge in [-0.3, -0.25) is 0 Å². The van der Waals surface area contributed by atoms with Crippen molar-refractivity contribution in [2.45, 2.75) is 6.61 Å². The van der Waals surface area contributed by atoms with Gasteiger partial charge in [-0.2, -0.15) is 5.26 Å². The lowest BCUT2D eigenvalue weighted by molar-refractivity contribution is 0.0669. The summed E-state index contributed by atoms with van der Waals surface area (Å²) < 4.78 is 9.01. The first-order valence-electron chi connectivity index (χ1n) is 3.96. The summed E-state index contributed by atoms with van der Waals surface area (Å²) in [6.45, 7) is 0.113. The Morgan fingerprint density at radius 3 is 3.00 bits per heavy atom. The molecule has 0 N–H and O–H groups in total. The molecule has 0 heterocycles. The molecular formula is C10H9NO3. The number of hydrogen-bond donors (Lipinski definition) is 0. The van der Waals surface area contributed by atoms with Gasteiger partial charge in [-0.1, -0.05) is 12.1 Å². The zero-order valence-corrected chi connectivity index (χ0v) is 7.69. The molecule has 0 bridgehead atoms. The number of carbonyl (C=O) groups is 1. The molecule has 72 valence electrons. The summed E-state index contributed by atoms with van der Waals surface area (Å²) in [4.78, 5) is 10.6. The molecule has 0 fully saturated rings. The summed E-state index contributed by atoms with van der Waals surface area (Å²) in [6.07, 6.45) is -0.729. The topological polar surface area (TPSA) is 59.3 Å². The van der Waals surface area contributed by atoms with Crippen LogP contribution in [0.5, 0.6) is 0 Å². The Balaban J connectivity index is 2.60. The van der Waals surface area contributed by atoms with Crippen LogP contribution in [-0.4, -0.2) is 13.3 Å². The van der Waals surface area contributed by atoms with Crippen molar-refractivity contribution in [2.24, 2.45) is 0 Å². The molecule has 0 saturated heterocycles. The highest BCUT2D eigenvalue weighted by atomic mass is 16.7. The van der Waals surface area contributed by atoms with Crippen molar-refractivity contribution in [3.63, 3.8) is 0 Å². The maximum Gasteiger partial charge on any atom is 0.508 e. The van der Waals surface area contributed by atoms with Gasteiger partial charge in [0.1, 0.15) is 6.61 Å². The smallest absolute Gasteiger partial charge is 0.438 e. The van der Waals surface area contributed by atoms with Crippen molar-refractivity contribution >= 4 is 6.16 Å². The Morgan fingerprint density at radius 2 is 2.36 bits per heavy atom. The van der Waals surface area contributed by atoms with Crippen molar-refractivity contribution in [3.8, 4) is 6.07 Å². The second-order valence-electron chi connectivity index (χ2n) is 2.55. The van der Waals surface area contributed by atoms with Crippen LogP contribution in [-0.2, 0) is 16.1 Å². The third kappa shape index (κ3) is 2.79. The molecule has 4 heteroatoms. The van der Waals surface area contributed by atoms with Gasteiger partial charge < -0.3 is 9.47 Å². The van der Waals surface area contributed by atoms with Crippen LogP contribution in [0.2, 0.25) is 0 Å². The SMILES string of the molecule is COC(=O)OCc1cccc(C#N)c1. The third-order valence-corrected chi connectivity index (χ3v) is 1.58. The Morgan fingerprint density at radius 1 is 1.57 bits per heavy atom. The molecule has 4 nitrogen and oxygen atoms in total. The highest BCUT2D eigenvalue weighted by molar-refractivity contribution is 5.59. The van der Waals surface area contributed by atoms with E-state index in [4.69, 9.17) is 10.00 Å². The van der Waals surface area contributed by atoms with E-state index in [-0.39, 0.29) is 6.61 Å². The Bertz CT molecular complexity index is 368. The third-order valence-electron chi connectivity index (χ3n) is 1.58. The van der Waals surface area contributed by atoms with E-state index >= 15 is 0 Å². The van der Waals surface area contributed by atoms with Crippen molar-refractivity contribution in [1.82, 2.24) is 0 Å². The molecular weight excluding hydrogens is 182 g/mol. The lowest BCUT2D eigenvalue weighted by Gasteiger charge is -2.02. The van der Waals surface area contributed by atoms with E-state index in [0.29, 0.717) is 5.56 Å². The number of hydrogen-bond acceptors (Lipinski definition) is 4. The van der Waals surface area contributed by atoms with Crippen molar-refractivity contribution < 1.29 is 14.3 Å². The maximum atomic E-state index is 10.6. The standard InChI is InChI=1S/C10H9NO3/c1-13-10(12)14-7-9-4-2-3-8(5-9)6-11/h2-5H,7H2,1H3. The maximum absolute atomic E-state index is 10.6. The molecule has 0 aliphatic carbocycles. The number of methoxy groups -OCH3 is 1. The van der Waals surface area contributed by atoms with Gasteiger partial charge in [-0.25, -0.2) is 4.79 Å². The molecule has 0 atom stereocenters. The zero-order valence-electron chi connectivity index (χ0n) is 7.69. The van der Waals surface area contributed by atoms with Gasteiger partial charge >= 0.3 is 6.16 Å². The molecule has 0 aromatic heterocycles. The summed E-state index contributed by atoms with van der Waals surface area (Å²) in [5.74, 6) is 0. The van der Waals surface area contributed by atoms with Crippen LogP contribution < -0.4 is 0 Å². The average Bonchev–Trinajstić information content (AvgIpc) is 2.26. The van der Waals surface area contributed by atoms with E-state index in [1.165, 1.54) is 7.11 Å². The number of ether oxygens (including phenoxy) is 2. The molecule has 1 aromatic carbocycles. The van der Waals surface area contributed by atoms with Gasteiger partial charge in [-0.05, 0) is 17.7 Å².